The van der Waals surface area contributed by atoms with Crippen LogP contribution in [0.1, 0.15) is 13.8 Å². The Labute approximate surface area is 106 Å². The van der Waals surface area contributed by atoms with E-state index in [1.807, 2.05) is 0 Å². The average Bonchev–Trinajstić information content (AvgIpc) is 2.28. The molecule has 0 unspecified atom stereocenters. The summed E-state index contributed by atoms with van der Waals surface area (Å²) in [5.41, 5.74) is 0. The van der Waals surface area contributed by atoms with Gasteiger partial charge < -0.3 is 14.2 Å². The third-order valence-corrected chi connectivity index (χ3v) is 1.91. The molecular formula is C11H12F4O4. The summed E-state index contributed by atoms with van der Waals surface area (Å²) in [5.74, 6) is -2.10. The number of methoxy groups -OCH3 is 1. The standard InChI is InChI=1S/C11H12F4O4/c1-6(2)17-9-7(16-3)4-5-8(19-15)10(9)18-11(12,13)14/h4-6H,1-3H3. The summed E-state index contributed by atoms with van der Waals surface area (Å²) < 4.78 is 63.0. The van der Waals surface area contributed by atoms with Crippen LogP contribution in [0.3, 0.4) is 0 Å². The number of hydrogen-bond acceptors (Lipinski definition) is 4. The van der Waals surface area contributed by atoms with Gasteiger partial charge in [-0.2, -0.15) is 0 Å². The molecule has 0 fully saturated rings. The minimum absolute atomic E-state index is 0.0336. The van der Waals surface area contributed by atoms with Gasteiger partial charge in [0, 0.05) is 4.53 Å². The van der Waals surface area contributed by atoms with Crippen molar-refractivity contribution in [3.8, 4) is 23.0 Å². The van der Waals surface area contributed by atoms with Gasteiger partial charge in [-0.1, -0.05) is 0 Å². The second-order valence-corrected chi connectivity index (χ2v) is 3.72. The van der Waals surface area contributed by atoms with E-state index in [9.17, 15) is 17.7 Å². The fourth-order valence-corrected chi connectivity index (χ4v) is 1.31. The van der Waals surface area contributed by atoms with Crippen LogP contribution < -0.4 is 19.2 Å². The molecule has 0 N–H and O–H groups in total. The summed E-state index contributed by atoms with van der Waals surface area (Å²) in [5, 5.41) is 0. The van der Waals surface area contributed by atoms with Crippen LogP contribution in [0.4, 0.5) is 17.7 Å². The highest BCUT2D eigenvalue weighted by Crippen LogP contribution is 2.47. The van der Waals surface area contributed by atoms with Crippen molar-refractivity contribution in [1.29, 1.82) is 0 Å². The normalized spacial score (nSPS) is 11.4. The van der Waals surface area contributed by atoms with Crippen molar-refractivity contribution in [1.82, 2.24) is 0 Å². The maximum atomic E-state index is 12.3. The lowest BCUT2D eigenvalue weighted by Crippen LogP contribution is -2.19. The molecule has 1 aromatic carbocycles. The summed E-state index contributed by atoms with van der Waals surface area (Å²) >= 11 is 0. The number of benzene rings is 1. The van der Waals surface area contributed by atoms with Gasteiger partial charge in [-0.15, -0.1) is 13.2 Å². The summed E-state index contributed by atoms with van der Waals surface area (Å²) in [7, 11) is 1.23. The Hall–Kier alpha value is -1.86. The fraction of sp³-hybridized carbons (Fsp3) is 0.455. The molecule has 0 aromatic heterocycles. The molecule has 1 aromatic rings. The first kappa shape index (κ1) is 15.2. The SMILES string of the molecule is COc1ccc(OF)c(OC(F)(F)F)c1OC(C)C. The van der Waals surface area contributed by atoms with Crippen molar-refractivity contribution >= 4 is 0 Å². The van der Waals surface area contributed by atoms with Gasteiger partial charge in [-0.3, -0.25) is 4.94 Å². The monoisotopic (exact) mass is 284 g/mol. The van der Waals surface area contributed by atoms with E-state index >= 15 is 0 Å². The number of hydrogen-bond donors (Lipinski definition) is 0. The van der Waals surface area contributed by atoms with E-state index in [0.29, 0.717) is 0 Å². The first-order valence-corrected chi connectivity index (χ1v) is 5.20. The molecule has 0 bridgehead atoms. The summed E-state index contributed by atoms with van der Waals surface area (Å²) in [6.07, 6.45) is -5.49. The molecule has 8 heteroatoms. The Morgan fingerprint density at radius 3 is 2.05 bits per heavy atom. The molecule has 1 rings (SSSR count). The van der Waals surface area contributed by atoms with Crippen LogP contribution in [-0.4, -0.2) is 19.6 Å². The predicted molar refractivity (Wildman–Crippen MR) is 57.2 cm³/mol. The maximum Gasteiger partial charge on any atom is 0.573 e. The van der Waals surface area contributed by atoms with Crippen LogP contribution in [0, 0.1) is 0 Å². The van der Waals surface area contributed by atoms with Crippen LogP contribution in [-0.2, 0) is 0 Å². The first-order valence-electron chi connectivity index (χ1n) is 5.20. The summed E-state index contributed by atoms with van der Waals surface area (Å²) in [6.45, 7) is 3.17. The lowest BCUT2D eigenvalue weighted by atomic mass is 10.2. The molecule has 0 saturated carbocycles. The Balaban J connectivity index is 3.34. The average molecular weight is 284 g/mol. The lowest BCUT2D eigenvalue weighted by Gasteiger charge is -2.19. The van der Waals surface area contributed by atoms with Gasteiger partial charge in [0.25, 0.3) is 0 Å². The highest BCUT2D eigenvalue weighted by molar-refractivity contribution is 5.59. The number of halogens is 4. The predicted octanol–water partition coefficient (Wildman–Crippen LogP) is 3.64. The number of alkyl halides is 3. The molecule has 0 saturated heterocycles. The van der Waals surface area contributed by atoms with Gasteiger partial charge in [0.2, 0.25) is 17.2 Å². The Bertz CT molecular complexity index is 431. The van der Waals surface area contributed by atoms with E-state index in [1.54, 1.807) is 13.8 Å². The molecule has 0 radical (unpaired) electrons. The molecule has 0 aliphatic heterocycles. The van der Waals surface area contributed by atoms with Crippen molar-refractivity contribution in [2.24, 2.45) is 0 Å². The minimum Gasteiger partial charge on any atom is -0.493 e. The quantitative estimate of drug-likeness (QED) is 0.773. The van der Waals surface area contributed by atoms with Crippen molar-refractivity contribution in [3.63, 3.8) is 0 Å². The van der Waals surface area contributed by atoms with Crippen LogP contribution >= 0.6 is 0 Å². The third-order valence-electron chi connectivity index (χ3n) is 1.91. The number of ether oxygens (including phenoxy) is 3. The molecule has 0 amide bonds. The molecule has 0 atom stereocenters. The Morgan fingerprint density at radius 2 is 1.63 bits per heavy atom. The van der Waals surface area contributed by atoms with Crippen LogP contribution in [0.2, 0.25) is 0 Å². The van der Waals surface area contributed by atoms with E-state index in [-0.39, 0.29) is 11.5 Å². The van der Waals surface area contributed by atoms with E-state index < -0.39 is 24.0 Å². The molecular weight excluding hydrogens is 272 g/mol. The number of rotatable bonds is 5. The van der Waals surface area contributed by atoms with Crippen molar-refractivity contribution < 1.29 is 36.8 Å². The van der Waals surface area contributed by atoms with Crippen molar-refractivity contribution in [2.45, 2.75) is 26.3 Å². The molecule has 4 nitrogen and oxygen atoms in total. The molecule has 108 valence electrons. The van der Waals surface area contributed by atoms with E-state index in [1.165, 1.54) is 13.2 Å². The molecule has 0 aliphatic rings. The fourth-order valence-electron chi connectivity index (χ4n) is 1.31. The van der Waals surface area contributed by atoms with Gasteiger partial charge in [0.05, 0.1) is 13.2 Å². The highest BCUT2D eigenvalue weighted by atomic mass is 19.4. The van der Waals surface area contributed by atoms with E-state index in [0.717, 1.165) is 6.07 Å². The zero-order valence-corrected chi connectivity index (χ0v) is 10.4. The molecule has 0 spiro atoms. The lowest BCUT2D eigenvalue weighted by molar-refractivity contribution is -0.276. The van der Waals surface area contributed by atoms with Gasteiger partial charge in [-0.05, 0) is 26.0 Å². The topological polar surface area (TPSA) is 36.9 Å². The molecule has 19 heavy (non-hydrogen) atoms. The maximum absolute atomic E-state index is 12.3. The highest BCUT2D eigenvalue weighted by Gasteiger charge is 2.36. The zero-order valence-electron chi connectivity index (χ0n) is 10.4. The summed E-state index contributed by atoms with van der Waals surface area (Å²) in [4.78, 5) is 3.35. The van der Waals surface area contributed by atoms with Gasteiger partial charge in [0.15, 0.2) is 5.75 Å². The smallest absolute Gasteiger partial charge is 0.493 e. The van der Waals surface area contributed by atoms with Crippen LogP contribution in [0.25, 0.3) is 0 Å². The van der Waals surface area contributed by atoms with Crippen LogP contribution in [0.5, 0.6) is 23.0 Å². The first-order chi connectivity index (χ1) is 8.78. The van der Waals surface area contributed by atoms with Gasteiger partial charge >= 0.3 is 6.36 Å². The van der Waals surface area contributed by atoms with Crippen LogP contribution in [0.15, 0.2) is 12.1 Å². The van der Waals surface area contributed by atoms with E-state index in [4.69, 9.17) is 9.47 Å². The van der Waals surface area contributed by atoms with Gasteiger partial charge in [-0.25, -0.2) is 0 Å². The Morgan fingerprint density at radius 1 is 1.05 bits per heavy atom. The van der Waals surface area contributed by atoms with Gasteiger partial charge in [0.1, 0.15) is 0 Å². The minimum atomic E-state index is -5.02. The zero-order chi connectivity index (χ0) is 14.6. The Kier molecular flexibility index (Phi) is 4.68. The van der Waals surface area contributed by atoms with Crippen molar-refractivity contribution in [2.75, 3.05) is 7.11 Å². The second kappa shape index (κ2) is 5.85. The molecule has 0 heterocycles. The summed E-state index contributed by atoms with van der Waals surface area (Å²) in [6, 6.07) is 2.14. The molecule has 0 aliphatic carbocycles. The largest absolute Gasteiger partial charge is 0.573 e. The van der Waals surface area contributed by atoms with E-state index in [2.05, 4.69) is 9.68 Å². The third kappa shape index (κ3) is 4.08. The second-order valence-electron chi connectivity index (χ2n) is 3.72. The van der Waals surface area contributed by atoms with Crippen molar-refractivity contribution in [3.05, 3.63) is 12.1 Å².